The minimum Gasteiger partial charge on any atom is -0.383 e. The highest BCUT2D eigenvalue weighted by Crippen LogP contribution is 2.06. The van der Waals surface area contributed by atoms with Crippen LogP contribution in [0.3, 0.4) is 0 Å². The van der Waals surface area contributed by atoms with Crippen LogP contribution in [0, 0.1) is 5.41 Å². The first-order chi connectivity index (χ1) is 9.24. The van der Waals surface area contributed by atoms with Crippen LogP contribution >= 0.6 is 0 Å². The number of allylic oxidation sites excluding steroid dienone is 2. The number of anilines is 2. The zero-order valence-electron chi connectivity index (χ0n) is 10.6. The molecule has 100 valence electrons. The molecule has 0 radical (unpaired) electrons. The highest BCUT2D eigenvalue weighted by atomic mass is 16.1. The molecule has 0 bridgehead atoms. The van der Waals surface area contributed by atoms with Gasteiger partial charge in [0.2, 0.25) is 5.95 Å². The summed E-state index contributed by atoms with van der Waals surface area (Å²) in [6, 6.07) is 0. The summed E-state index contributed by atoms with van der Waals surface area (Å²) in [5, 5.41) is 16.2. The van der Waals surface area contributed by atoms with Gasteiger partial charge in [-0.1, -0.05) is 12.2 Å². The second kappa shape index (κ2) is 5.85. The van der Waals surface area contributed by atoms with E-state index in [0.29, 0.717) is 23.9 Å². The van der Waals surface area contributed by atoms with Gasteiger partial charge in [-0.15, -0.1) is 0 Å². The Bertz CT molecular complexity index is 586. The molecule has 0 saturated heterocycles. The molecule has 0 amide bonds. The predicted octanol–water partition coefficient (Wildman–Crippen LogP) is 0.264. The molecule has 2 heterocycles. The molecule has 2 rings (SSSR count). The maximum absolute atomic E-state index is 11.8. The van der Waals surface area contributed by atoms with Crippen molar-refractivity contribution < 1.29 is 0 Å². The maximum atomic E-state index is 11.8. The van der Waals surface area contributed by atoms with E-state index in [1.807, 2.05) is 18.2 Å². The molecular formula is C12H16N6O. The number of hydrogen-bond acceptors (Lipinski definition) is 6. The third-order valence-electron chi connectivity index (χ3n) is 2.66. The molecule has 7 nitrogen and oxygen atoms in total. The number of H-pyrrole nitrogens is 1. The van der Waals surface area contributed by atoms with Gasteiger partial charge in [0, 0.05) is 25.5 Å². The van der Waals surface area contributed by atoms with E-state index in [9.17, 15) is 4.79 Å². The minimum absolute atomic E-state index is 0.290. The molecule has 1 aliphatic heterocycles. The molecule has 7 heteroatoms. The molecule has 0 saturated carbocycles. The Labute approximate surface area is 110 Å². The van der Waals surface area contributed by atoms with Crippen molar-refractivity contribution in [2.75, 3.05) is 30.8 Å². The number of rotatable bonds is 5. The number of aromatic amines is 1. The largest absolute Gasteiger partial charge is 0.383 e. The molecule has 19 heavy (non-hydrogen) atoms. The summed E-state index contributed by atoms with van der Waals surface area (Å²) in [4.78, 5) is 18.5. The summed E-state index contributed by atoms with van der Waals surface area (Å²) in [6.45, 7) is 1.32. The van der Waals surface area contributed by atoms with Crippen molar-refractivity contribution in [2.24, 2.45) is 0 Å². The predicted molar refractivity (Wildman–Crippen MR) is 76.0 cm³/mol. The average molecular weight is 260 g/mol. The fraction of sp³-hybridized carbons (Fsp3) is 0.250. The molecule has 1 aliphatic rings. The van der Waals surface area contributed by atoms with Gasteiger partial charge in [0.15, 0.2) is 0 Å². The number of dihydropyridines is 1. The summed E-state index contributed by atoms with van der Waals surface area (Å²) < 4.78 is 0. The van der Waals surface area contributed by atoms with E-state index in [0.717, 1.165) is 18.5 Å². The van der Waals surface area contributed by atoms with E-state index >= 15 is 0 Å². The summed E-state index contributed by atoms with van der Waals surface area (Å²) >= 11 is 0. The fourth-order valence-electron chi connectivity index (χ4n) is 1.72. The molecule has 0 unspecified atom stereocenters. The first-order valence-corrected chi connectivity index (χ1v) is 5.90. The van der Waals surface area contributed by atoms with E-state index in [1.165, 1.54) is 0 Å². The van der Waals surface area contributed by atoms with Crippen molar-refractivity contribution in [3.63, 3.8) is 0 Å². The van der Waals surface area contributed by atoms with Crippen LogP contribution < -0.4 is 21.5 Å². The van der Waals surface area contributed by atoms with Gasteiger partial charge in [-0.25, -0.2) is 4.98 Å². The van der Waals surface area contributed by atoms with Gasteiger partial charge >= 0.3 is 0 Å². The Morgan fingerprint density at radius 1 is 1.58 bits per heavy atom. The van der Waals surface area contributed by atoms with Crippen LogP contribution in [0.4, 0.5) is 11.6 Å². The van der Waals surface area contributed by atoms with Gasteiger partial charge < -0.3 is 21.4 Å². The second-order valence-corrected chi connectivity index (χ2v) is 3.92. The van der Waals surface area contributed by atoms with Crippen molar-refractivity contribution in [3.8, 4) is 0 Å². The van der Waals surface area contributed by atoms with Crippen molar-refractivity contribution in [2.45, 2.75) is 0 Å². The highest BCUT2D eigenvalue weighted by Gasteiger charge is 2.08. The molecule has 1 aromatic rings. The van der Waals surface area contributed by atoms with Gasteiger partial charge in [0.1, 0.15) is 11.4 Å². The summed E-state index contributed by atoms with van der Waals surface area (Å²) in [6.07, 6.45) is 6.98. The number of aromatic nitrogens is 2. The topological polar surface area (TPSA) is 106 Å². The quantitative estimate of drug-likeness (QED) is 0.488. The minimum atomic E-state index is -0.302. The molecule has 1 aromatic heterocycles. The monoisotopic (exact) mass is 260 g/mol. The molecular weight excluding hydrogens is 244 g/mol. The first kappa shape index (κ1) is 12.9. The molecule has 0 spiro atoms. The number of nitrogens with zero attached hydrogens (tertiary/aromatic N) is 1. The van der Waals surface area contributed by atoms with Crippen LogP contribution in [0.2, 0.25) is 0 Å². The summed E-state index contributed by atoms with van der Waals surface area (Å²) in [5.74, 6) is 0.347. The SMILES string of the molecule is CNc1c(C=N)nc(NCC2=CC=CCN2)[nH]c1=O. The lowest BCUT2D eigenvalue weighted by Crippen LogP contribution is -2.24. The zero-order chi connectivity index (χ0) is 13.7. The van der Waals surface area contributed by atoms with Crippen molar-refractivity contribution in [1.82, 2.24) is 15.3 Å². The Hall–Kier alpha value is -2.57. The molecule has 0 aliphatic carbocycles. The van der Waals surface area contributed by atoms with Gasteiger partial charge in [0.05, 0.1) is 6.54 Å². The van der Waals surface area contributed by atoms with Crippen molar-refractivity contribution in [3.05, 3.63) is 40.0 Å². The smallest absolute Gasteiger partial charge is 0.276 e. The molecule has 5 N–H and O–H groups in total. The van der Waals surface area contributed by atoms with Crippen LogP contribution in [0.1, 0.15) is 5.69 Å². The van der Waals surface area contributed by atoms with E-state index < -0.39 is 0 Å². The van der Waals surface area contributed by atoms with E-state index in [2.05, 4.69) is 25.9 Å². The average Bonchev–Trinajstić information content (AvgIpc) is 2.45. The van der Waals surface area contributed by atoms with Crippen LogP contribution in [0.5, 0.6) is 0 Å². The van der Waals surface area contributed by atoms with Gasteiger partial charge in [0.25, 0.3) is 5.56 Å². The maximum Gasteiger partial charge on any atom is 0.276 e. The van der Waals surface area contributed by atoms with Crippen LogP contribution in [-0.4, -0.2) is 36.3 Å². The Morgan fingerprint density at radius 3 is 3.05 bits per heavy atom. The van der Waals surface area contributed by atoms with Crippen LogP contribution in [-0.2, 0) is 0 Å². The standard InChI is InChI=1S/C12H16N6O/c1-14-10-9(6-13)17-12(18-11(10)19)16-7-8-4-2-3-5-15-8/h2-4,6,13-15H,5,7H2,1H3,(H2,16,17,18,19). The number of hydrogen-bond donors (Lipinski definition) is 5. The molecule has 0 fully saturated rings. The third-order valence-corrected chi connectivity index (χ3v) is 2.66. The highest BCUT2D eigenvalue weighted by molar-refractivity contribution is 5.83. The van der Waals surface area contributed by atoms with Crippen LogP contribution in [0.15, 0.2) is 28.7 Å². The van der Waals surface area contributed by atoms with E-state index in [1.54, 1.807) is 7.05 Å². The lowest BCUT2D eigenvalue weighted by atomic mass is 10.3. The van der Waals surface area contributed by atoms with Crippen molar-refractivity contribution in [1.29, 1.82) is 5.41 Å². The van der Waals surface area contributed by atoms with Gasteiger partial charge in [-0.3, -0.25) is 9.78 Å². The van der Waals surface area contributed by atoms with E-state index in [-0.39, 0.29) is 5.56 Å². The Balaban J connectivity index is 2.15. The van der Waals surface area contributed by atoms with E-state index in [4.69, 9.17) is 5.41 Å². The summed E-state index contributed by atoms with van der Waals surface area (Å²) in [5.41, 5.74) is 1.31. The number of nitrogens with one attached hydrogen (secondary N) is 5. The normalized spacial score (nSPS) is 13.4. The third kappa shape index (κ3) is 3.01. The van der Waals surface area contributed by atoms with Gasteiger partial charge in [-0.05, 0) is 6.08 Å². The first-order valence-electron chi connectivity index (χ1n) is 5.90. The second-order valence-electron chi connectivity index (χ2n) is 3.92. The Kier molecular flexibility index (Phi) is 3.97. The molecule has 0 atom stereocenters. The lowest BCUT2D eigenvalue weighted by Gasteiger charge is -2.13. The van der Waals surface area contributed by atoms with Crippen molar-refractivity contribution >= 4 is 17.9 Å². The van der Waals surface area contributed by atoms with Crippen LogP contribution in [0.25, 0.3) is 0 Å². The summed E-state index contributed by atoms with van der Waals surface area (Å²) in [7, 11) is 1.62. The Morgan fingerprint density at radius 2 is 2.42 bits per heavy atom. The zero-order valence-corrected chi connectivity index (χ0v) is 10.6. The molecule has 0 aromatic carbocycles. The fourth-order valence-corrected chi connectivity index (χ4v) is 1.72. The lowest BCUT2D eigenvalue weighted by molar-refractivity contribution is 0.861. The van der Waals surface area contributed by atoms with Gasteiger partial charge in [-0.2, -0.15) is 0 Å².